The molecule has 0 spiro atoms. The smallest absolute Gasteiger partial charge is 0.303 e. The molecule has 0 saturated carbocycles. The molecule has 1 aromatic carbocycles. The molecule has 0 aliphatic carbocycles. The summed E-state index contributed by atoms with van der Waals surface area (Å²) in [6.07, 6.45) is 0.800. The summed E-state index contributed by atoms with van der Waals surface area (Å²) >= 11 is 0. The topological polar surface area (TPSA) is 78.4 Å². The zero-order valence-corrected chi connectivity index (χ0v) is 10.4. The highest BCUT2D eigenvalue weighted by Crippen LogP contribution is 2.04. The van der Waals surface area contributed by atoms with Crippen LogP contribution in [-0.2, 0) is 11.3 Å². The lowest BCUT2D eigenvalue weighted by Gasteiger charge is -2.05. The highest BCUT2D eigenvalue weighted by molar-refractivity contribution is 5.93. The van der Waals surface area contributed by atoms with Gasteiger partial charge in [-0.05, 0) is 30.7 Å². The molecule has 0 aromatic heterocycles. The molecule has 0 radical (unpaired) electrons. The lowest BCUT2D eigenvalue weighted by Crippen LogP contribution is -2.18. The number of amides is 1. The second-order valence-electron chi connectivity index (χ2n) is 3.95. The molecule has 0 aliphatic heterocycles. The van der Waals surface area contributed by atoms with Gasteiger partial charge in [-0.15, -0.1) is 0 Å². The molecule has 3 N–H and O–H groups in total. The van der Waals surface area contributed by atoms with Crippen molar-refractivity contribution in [3.05, 3.63) is 35.4 Å². The van der Waals surface area contributed by atoms with Gasteiger partial charge in [-0.3, -0.25) is 9.59 Å². The molecule has 0 heterocycles. The zero-order chi connectivity index (χ0) is 13.4. The van der Waals surface area contributed by atoms with Crippen LogP contribution in [0.2, 0.25) is 0 Å². The second-order valence-corrected chi connectivity index (χ2v) is 3.95. The van der Waals surface area contributed by atoms with Crippen LogP contribution in [0.5, 0.6) is 0 Å². The highest BCUT2D eigenvalue weighted by Gasteiger charge is 2.02. The first-order valence-electron chi connectivity index (χ1n) is 5.87. The Balaban J connectivity index is 2.31. The largest absolute Gasteiger partial charge is 0.481 e. The minimum atomic E-state index is -0.772. The Morgan fingerprint density at radius 2 is 1.89 bits per heavy atom. The lowest BCUT2D eigenvalue weighted by molar-refractivity contribution is -0.137. The van der Waals surface area contributed by atoms with Gasteiger partial charge in [-0.1, -0.05) is 12.1 Å². The summed E-state index contributed by atoms with van der Waals surface area (Å²) in [5, 5.41) is 14.2. The molecule has 0 bridgehead atoms. The van der Waals surface area contributed by atoms with Crippen LogP contribution in [0.4, 0.5) is 0 Å². The molecular formula is C13H18N2O3. The number of aliphatic carboxylic acids is 1. The van der Waals surface area contributed by atoms with E-state index in [0.717, 1.165) is 5.56 Å². The van der Waals surface area contributed by atoms with Crippen molar-refractivity contribution in [2.45, 2.75) is 19.4 Å². The molecular weight excluding hydrogens is 232 g/mol. The first kappa shape index (κ1) is 14.2. The number of carboxylic acid groups (broad SMARTS) is 1. The molecule has 1 rings (SSSR count). The second kappa shape index (κ2) is 7.45. The van der Waals surface area contributed by atoms with Gasteiger partial charge in [0.1, 0.15) is 0 Å². The van der Waals surface area contributed by atoms with E-state index < -0.39 is 5.97 Å². The number of carbonyl (C=O) groups excluding carboxylic acids is 1. The van der Waals surface area contributed by atoms with E-state index in [4.69, 9.17) is 5.11 Å². The summed E-state index contributed by atoms with van der Waals surface area (Å²) < 4.78 is 0. The number of nitrogens with one attached hydrogen (secondary N) is 2. The summed E-state index contributed by atoms with van der Waals surface area (Å²) in [7, 11) is 1.60. The summed E-state index contributed by atoms with van der Waals surface area (Å²) in [6.45, 7) is 1.34. The van der Waals surface area contributed by atoms with E-state index in [1.54, 1.807) is 19.2 Å². The van der Waals surface area contributed by atoms with Gasteiger partial charge in [0.15, 0.2) is 0 Å². The maximum Gasteiger partial charge on any atom is 0.303 e. The van der Waals surface area contributed by atoms with Crippen molar-refractivity contribution in [2.75, 3.05) is 13.6 Å². The molecule has 1 aromatic rings. The van der Waals surface area contributed by atoms with Crippen LogP contribution in [0, 0.1) is 0 Å². The Kier molecular flexibility index (Phi) is 5.87. The Hall–Kier alpha value is -1.88. The third-order valence-electron chi connectivity index (χ3n) is 2.52. The maximum absolute atomic E-state index is 11.3. The third-order valence-corrected chi connectivity index (χ3v) is 2.52. The van der Waals surface area contributed by atoms with Gasteiger partial charge >= 0.3 is 5.97 Å². The molecule has 98 valence electrons. The molecule has 5 heteroatoms. The number of carbonyl (C=O) groups is 2. The van der Waals surface area contributed by atoms with E-state index in [2.05, 4.69) is 10.6 Å². The van der Waals surface area contributed by atoms with Crippen LogP contribution in [0.1, 0.15) is 28.8 Å². The molecule has 0 fully saturated rings. The zero-order valence-electron chi connectivity index (χ0n) is 10.4. The van der Waals surface area contributed by atoms with Crippen LogP contribution in [0.3, 0.4) is 0 Å². The molecule has 0 atom stereocenters. The monoisotopic (exact) mass is 250 g/mol. The van der Waals surface area contributed by atoms with Gasteiger partial charge in [0.25, 0.3) is 5.91 Å². The SMILES string of the molecule is CNC(=O)c1ccc(CNCCCC(=O)O)cc1. The molecule has 0 unspecified atom stereocenters. The minimum absolute atomic E-state index is 0.101. The Morgan fingerprint density at radius 1 is 1.22 bits per heavy atom. The highest BCUT2D eigenvalue weighted by atomic mass is 16.4. The van der Waals surface area contributed by atoms with E-state index in [-0.39, 0.29) is 12.3 Å². The average Bonchev–Trinajstić information content (AvgIpc) is 2.38. The Morgan fingerprint density at radius 3 is 2.44 bits per heavy atom. The maximum atomic E-state index is 11.3. The first-order chi connectivity index (χ1) is 8.63. The molecule has 18 heavy (non-hydrogen) atoms. The van der Waals surface area contributed by atoms with Crippen molar-refractivity contribution >= 4 is 11.9 Å². The van der Waals surface area contributed by atoms with Crippen LogP contribution >= 0.6 is 0 Å². The Labute approximate surface area is 106 Å². The molecule has 5 nitrogen and oxygen atoms in total. The fourth-order valence-corrected chi connectivity index (χ4v) is 1.52. The normalized spacial score (nSPS) is 10.1. The van der Waals surface area contributed by atoms with Gasteiger partial charge in [-0.2, -0.15) is 0 Å². The predicted molar refractivity (Wildman–Crippen MR) is 68.4 cm³/mol. The molecule has 0 saturated heterocycles. The standard InChI is InChI=1S/C13H18N2O3/c1-14-13(18)11-6-4-10(5-7-11)9-15-8-2-3-12(16)17/h4-7,15H,2-3,8-9H2,1H3,(H,14,18)(H,16,17). The fourth-order valence-electron chi connectivity index (χ4n) is 1.52. The van der Waals surface area contributed by atoms with Crippen LogP contribution in [0.15, 0.2) is 24.3 Å². The van der Waals surface area contributed by atoms with Crippen LogP contribution in [-0.4, -0.2) is 30.6 Å². The van der Waals surface area contributed by atoms with Crippen molar-refractivity contribution in [1.29, 1.82) is 0 Å². The molecule has 1 amide bonds. The number of carboxylic acids is 1. The third kappa shape index (κ3) is 4.97. The van der Waals surface area contributed by atoms with Crippen LogP contribution < -0.4 is 10.6 Å². The number of hydrogen-bond acceptors (Lipinski definition) is 3. The van der Waals surface area contributed by atoms with Crippen LogP contribution in [0.25, 0.3) is 0 Å². The van der Waals surface area contributed by atoms with E-state index >= 15 is 0 Å². The summed E-state index contributed by atoms with van der Waals surface area (Å²) in [4.78, 5) is 21.6. The fraction of sp³-hybridized carbons (Fsp3) is 0.385. The van der Waals surface area contributed by atoms with E-state index in [9.17, 15) is 9.59 Å². The predicted octanol–water partition coefficient (Wildman–Crippen LogP) is 1.00. The summed E-state index contributed by atoms with van der Waals surface area (Å²) in [6, 6.07) is 7.31. The van der Waals surface area contributed by atoms with E-state index in [1.807, 2.05) is 12.1 Å². The van der Waals surface area contributed by atoms with Gasteiger partial charge in [-0.25, -0.2) is 0 Å². The van der Waals surface area contributed by atoms with Gasteiger partial charge in [0.05, 0.1) is 0 Å². The van der Waals surface area contributed by atoms with Crippen molar-refractivity contribution in [2.24, 2.45) is 0 Å². The summed E-state index contributed by atoms with van der Waals surface area (Å²) in [5.41, 5.74) is 1.70. The van der Waals surface area contributed by atoms with Crippen molar-refractivity contribution in [1.82, 2.24) is 10.6 Å². The van der Waals surface area contributed by atoms with Gasteiger partial charge in [0, 0.05) is 25.6 Å². The molecule has 0 aliphatic rings. The summed E-state index contributed by atoms with van der Waals surface area (Å²) in [5.74, 6) is -0.873. The van der Waals surface area contributed by atoms with Gasteiger partial charge < -0.3 is 15.7 Å². The van der Waals surface area contributed by atoms with Gasteiger partial charge in [0.2, 0.25) is 0 Å². The lowest BCUT2D eigenvalue weighted by atomic mass is 10.1. The number of hydrogen-bond donors (Lipinski definition) is 3. The first-order valence-corrected chi connectivity index (χ1v) is 5.87. The van der Waals surface area contributed by atoms with Crippen molar-refractivity contribution in [3.8, 4) is 0 Å². The Bertz CT molecular complexity index is 401. The number of benzene rings is 1. The van der Waals surface area contributed by atoms with E-state index in [1.165, 1.54) is 0 Å². The number of rotatable bonds is 7. The van der Waals surface area contributed by atoms with E-state index in [0.29, 0.717) is 25.1 Å². The quantitative estimate of drug-likeness (QED) is 0.631. The minimum Gasteiger partial charge on any atom is -0.481 e. The average molecular weight is 250 g/mol. The van der Waals surface area contributed by atoms with Crippen molar-refractivity contribution in [3.63, 3.8) is 0 Å². The van der Waals surface area contributed by atoms with Crippen molar-refractivity contribution < 1.29 is 14.7 Å².